The van der Waals surface area contributed by atoms with Gasteiger partial charge in [-0.15, -0.1) is 0 Å². The summed E-state index contributed by atoms with van der Waals surface area (Å²) in [5, 5.41) is 7.92. The predicted molar refractivity (Wildman–Crippen MR) is 77.9 cm³/mol. The van der Waals surface area contributed by atoms with E-state index in [4.69, 9.17) is 0 Å². The highest BCUT2D eigenvalue weighted by molar-refractivity contribution is 7.92. The normalized spacial score (nSPS) is 12.7. The lowest BCUT2D eigenvalue weighted by molar-refractivity contribution is 0.590. The zero-order valence-electron chi connectivity index (χ0n) is 11.7. The monoisotopic (exact) mass is 303 g/mol. The standard InChI is InChI=1S/C16H14FNO2S/c1-11-3-6-14(7-4-11)21(19,20)16(10-18)13-5-8-15(17)12(2)9-13/h3-9,16H,1-2H3. The van der Waals surface area contributed by atoms with Gasteiger partial charge in [0.2, 0.25) is 0 Å². The van der Waals surface area contributed by atoms with E-state index in [-0.39, 0.29) is 10.5 Å². The minimum atomic E-state index is -3.83. The van der Waals surface area contributed by atoms with Crippen molar-refractivity contribution >= 4 is 9.84 Å². The molecular weight excluding hydrogens is 289 g/mol. The molecule has 0 radical (unpaired) electrons. The first kappa shape index (κ1) is 15.2. The zero-order chi connectivity index (χ0) is 15.6. The van der Waals surface area contributed by atoms with E-state index < -0.39 is 20.9 Å². The molecule has 21 heavy (non-hydrogen) atoms. The molecule has 3 nitrogen and oxygen atoms in total. The molecule has 2 rings (SSSR count). The van der Waals surface area contributed by atoms with Crippen molar-refractivity contribution in [1.82, 2.24) is 0 Å². The van der Waals surface area contributed by atoms with Crippen LogP contribution in [-0.4, -0.2) is 8.42 Å². The van der Waals surface area contributed by atoms with Crippen molar-refractivity contribution in [2.24, 2.45) is 0 Å². The van der Waals surface area contributed by atoms with Gasteiger partial charge in [0.15, 0.2) is 15.1 Å². The van der Waals surface area contributed by atoms with Gasteiger partial charge in [0.25, 0.3) is 0 Å². The Labute approximate surface area is 123 Å². The van der Waals surface area contributed by atoms with Gasteiger partial charge < -0.3 is 0 Å². The van der Waals surface area contributed by atoms with E-state index in [0.29, 0.717) is 5.56 Å². The molecule has 2 aromatic carbocycles. The van der Waals surface area contributed by atoms with Gasteiger partial charge >= 0.3 is 0 Å². The minimum absolute atomic E-state index is 0.0848. The van der Waals surface area contributed by atoms with Crippen molar-refractivity contribution in [3.63, 3.8) is 0 Å². The smallest absolute Gasteiger partial charge is 0.198 e. The first-order valence-electron chi connectivity index (χ1n) is 6.32. The third-order valence-corrected chi connectivity index (χ3v) is 5.19. The van der Waals surface area contributed by atoms with Gasteiger partial charge in [0.05, 0.1) is 11.0 Å². The largest absolute Gasteiger partial charge is 0.222 e. The number of hydrogen-bond donors (Lipinski definition) is 0. The van der Waals surface area contributed by atoms with Crippen LogP contribution >= 0.6 is 0 Å². The molecule has 5 heteroatoms. The van der Waals surface area contributed by atoms with Gasteiger partial charge in [-0.05, 0) is 43.2 Å². The quantitative estimate of drug-likeness (QED) is 0.872. The van der Waals surface area contributed by atoms with E-state index in [2.05, 4.69) is 0 Å². The molecule has 0 heterocycles. The van der Waals surface area contributed by atoms with Crippen LogP contribution in [0.15, 0.2) is 47.4 Å². The molecule has 1 unspecified atom stereocenters. The number of sulfone groups is 1. The summed E-state index contributed by atoms with van der Waals surface area (Å²) in [6, 6.07) is 12.0. The molecule has 0 aliphatic rings. The molecule has 0 spiro atoms. The van der Waals surface area contributed by atoms with Crippen LogP contribution in [0.4, 0.5) is 4.39 Å². The second kappa shape index (κ2) is 5.66. The van der Waals surface area contributed by atoms with Crippen LogP contribution in [-0.2, 0) is 9.84 Å². The topological polar surface area (TPSA) is 57.9 Å². The minimum Gasteiger partial charge on any atom is -0.222 e. The van der Waals surface area contributed by atoms with Crippen molar-refractivity contribution in [2.75, 3.05) is 0 Å². The molecule has 1 atom stereocenters. The fourth-order valence-corrected chi connectivity index (χ4v) is 3.45. The van der Waals surface area contributed by atoms with E-state index in [0.717, 1.165) is 5.56 Å². The molecule has 0 fully saturated rings. The summed E-state index contributed by atoms with van der Waals surface area (Å²) in [7, 11) is -3.83. The van der Waals surface area contributed by atoms with Gasteiger partial charge in [0, 0.05) is 0 Å². The Kier molecular flexibility index (Phi) is 4.10. The summed E-state index contributed by atoms with van der Waals surface area (Å²) >= 11 is 0. The molecule has 0 N–H and O–H groups in total. The number of benzene rings is 2. The van der Waals surface area contributed by atoms with Crippen LogP contribution in [0, 0.1) is 31.0 Å². The highest BCUT2D eigenvalue weighted by Gasteiger charge is 2.29. The Balaban J connectivity index is 2.52. The Bertz CT molecular complexity index is 805. The van der Waals surface area contributed by atoms with Gasteiger partial charge in [-0.25, -0.2) is 12.8 Å². The van der Waals surface area contributed by atoms with E-state index in [1.165, 1.54) is 37.3 Å². The summed E-state index contributed by atoms with van der Waals surface area (Å²) < 4.78 is 38.4. The van der Waals surface area contributed by atoms with Gasteiger partial charge in [-0.3, -0.25) is 0 Å². The van der Waals surface area contributed by atoms with Crippen LogP contribution in [0.25, 0.3) is 0 Å². The first-order chi connectivity index (χ1) is 9.86. The van der Waals surface area contributed by atoms with Crippen molar-refractivity contribution in [3.05, 3.63) is 65.0 Å². The van der Waals surface area contributed by atoms with E-state index in [9.17, 15) is 18.1 Å². The number of nitriles is 1. The third kappa shape index (κ3) is 2.96. The number of halogens is 1. The maximum Gasteiger partial charge on any atom is 0.198 e. The molecule has 0 saturated carbocycles. The van der Waals surface area contributed by atoms with Crippen molar-refractivity contribution < 1.29 is 12.8 Å². The molecule has 0 bridgehead atoms. The van der Waals surface area contributed by atoms with Crippen LogP contribution in [0.2, 0.25) is 0 Å². The summed E-state index contributed by atoms with van der Waals surface area (Å²) in [6.07, 6.45) is 0. The van der Waals surface area contributed by atoms with Crippen LogP contribution in [0.1, 0.15) is 21.9 Å². The van der Waals surface area contributed by atoms with Crippen molar-refractivity contribution in [3.8, 4) is 6.07 Å². The Morgan fingerprint density at radius 1 is 1.10 bits per heavy atom. The number of aryl methyl sites for hydroxylation is 2. The number of rotatable bonds is 3. The zero-order valence-corrected chi connectivity index (χ0v) is 12.5. The molecule has 2 aromatic rings. The highest BCUT2D eigenvalue weighted by Crippen LogP contribution is 2.29. The van der Waals surface area contributed by atoms with E-state index >= 15 is 0 Å². The van der Waals surface area contributed by atoms with Crippen LogP contribution < -0.4 is 0 Å². The molecule has 0 amide bonds. The molecule has 0 aliphatic heterocycles. The average molecular weight is 303 g/mol. The van der Waals surface area contributed by atoms with E-state index in [1.54, 1.807) is 12.1 Å². The van der Waals surface area contributed by atoms with Crippen LogP contribution in [0.5, 0.6) is 0 Å². The second-order valence-electron chi connectivity index (χ2n) is 4.88. The molecule has 0 saturated heterocycles. The average Bonchev–Trinajstić information content (AvgIpc) is 2.44. The molecule has 0 aromatic heterocycles. The lowest BCUT2D eigenvalue weighted by Gasteiger charge is -2.12. The maximum atomic E-state index is 13.3. The van der Waals surface area contributed by atoms with Crippen molar-refractivity contribution in [1.29, 1.82) is 5.26 Å². The summed E-state index contributed by atoms with van der Waals surface area (Å²) in [5.74, 6) is -0.428. The summed E-state index contributed by atoms with van der Waals surface area (Å²) in [4.78, 5) is 0.0848. The van der Waals surface area contributed by atoms with Crippen LogP contribution in [0.3, 0.4) is 0 Å². The second-order valence-corrected chi connectivity index (χ2v) is 6.91. The summed E-state index contributed by atoms with van der Waals surface area (Å²) in [5.41, 5.74) is 1.52. The molecular formula is C16H14FNO2S. The fraction of sp³-hybridized carbons (Fsp3) is 0.188. The highest BCUT2D eigenvalue weighted by atomic mass is 32.2. The Morgan fingerprint density at radius 3 is 2.24 bits per heavy atom. The number of hydrogen-bond acceptors (Lipinski definition) is 3. The first-order valence-corrected chi connectivity index (χ1v) is 7.87. The fourth-order valence-electron chi connectivity index (χ4n) is 2.02. The van der Waals surface area contributed by atoms with Crippen molar-refractivity contribution in [2.45, 2.75) is 24.0 Å². The van der Waals surface area contributed by atoms with Gasteiger partial charge in [-0.2, -0.15) is 5.26 Å². The lowest BCUT2D eigenvalue weighted by atomic mass is 10.1. The molecule has 0 aliphatic carbocycles. The molecule has 108 valence electrons. The SMILES string of the molecule is Cc1ccc(S(=O)(=O)C(C#N)c2ccc(F)c(C)c2)cc1. The third-order valence-electron chi connectivity index (χ3n) is 3.26. The Hall–Kier alpha value is -2.19. The predicted octanol–water partition coefficient (Wildman–Crippen LogP) is 3.48. The maximum absolute atomic E-state index is 13.3. The lowest BCUT2D eigenvalue weighted by Crippen LogP contribution is -2.12. The van der Waals surface area contributed by atoms with Gasteiger partial charge in [0.1, 0.15) is 5.82 Å². The number of nitrogens with zero attached hydrogens (tertiary/aromatic N) is 1. The summed E-state index contributed by atoms with van der Waals surface area (Å²) in [6.45, 7) is 3.38. The van der Waals surface area contributed by atoms with Gasteiger partial charge in [-0.1, -0.05) is 29.8 Å². The van der Waals surface area contributed by atoms with E-state index in [1.807, 2.05) is 13.0 Å². The Morgan fingerprint density at radius 2 is 1.71 bits per heavy atom.